The second-order valence-electron chi connectivity index (χ2n) is 9.37. The third kappa shape index (κ3) is 3.87. The molecule has 1 amide bonds. The molecule has 6 heteroatoms. The first-order chi connectivity index (χ1) is 16.2. The van der Waals surface area contributed by atoms with Gasteiger partial charge in [-0.2, -0.15) is 5.10 Å². The van der Waals surface area contributed by atoms with Crippen LogP contribution in [0.4, 0.5) is 0 Å². The van der Waals surface area contributed by atoms with Gasteiger partial charge >= 0.3 is 0 Å². The fourth-order valence-corrected chi connectivity index (χ4v) is 6.35. The number of aryl methyl sites for hydroxylation is 1. The number of hydrogen-bond acceptors (Lipinski definition) is 4. The number of aromatic nitrogens is 2. The summed E-state index contributed by atoms with van der Waals surface area (Å²) < 4.78 is 2.09. The molecule has 4 aromatic rings. The Labute approximate surface area is 198 Å². The lowest BCUT2D eigenvalue weighted by atomic mass is 9.74. The lowest BCUT2D eigenvalue weighted by molar-refractivity contribution is 0.0280. The van der Waals surface area contributed by atoms with Gasteiger partial charge < -0.3 is 5.32 Å². The van der Waals surface area contributed by atoms with Gasteiger partial charge in [0.05, 0.1) is 10.6 Å². The van der Waals surface area contributed by atoms with Crippen molar-refractivity contribution in [3.8, 4) is 11.3 Å². The number of piperidine rings is 3. The van der Waals surface area contributed by atoms with Crippen molar-refractivity contribution >= 4 is 28.0 Å². The molecule has 0 saturated carbocycles. The van der Waals surface area contributed by atoms with Crippen LogP contribution in [0.2, 0.25) is 0 Å². The maximum atomic E-state index is 12.4. The van der Waals surface area contributed by atoms with Gasteiger partial charge in [0, 0.05) is 43.4 Å². The van der Waals surface area contributed by atoms with E-state index in [-0.39, 0.29) is 5.91 Å². The molecule has 3 aliphatic rings. The fourth-order valence-electron chi connectivity index (χ4n) is 5.71. The van der Waals surface area contributed by atoms with Crippen LogP contribution >= 0.6 is 11.3 Å². The highest BCUT2D eigenvalue weighted by Crippen LogP contribution is 2.42. The Hall–Kier alpha value is -2.96. The van der Waals surface area contributed by atoms with Crippen LogP contribution in [-0.2, 0) is 7.05 Å². The summed E-state index contributed by atoms with van der Waals surface area (Å²) in [5.41, 5.74) is 3.55. The molecule has 3 saturated heterocycles. The Bertz CT molecular complexity index is 1290. The van der Waals surface area contributed by atoms with Gasteiger partial charge in [0.25, 0.3) is 5.91 Å². The molecule has 2 aromatic heterocycles. The van der Waals surface area contributed by atoms with Crippen molar-refractivity contribution in [3.05, 3.63) is 76.6 Å². The molecule has 0 radical (unpaired) electrons. The highest BCUT2D eigenvalue weighted by Gasteiger charge is 2.41. The molecule has 0 spiro atoms. The molecule has 2 aromatic carbocycles. The van der Waals surface area contributed by atoms with Crippen LogP contribution in [0.3, 0.4) is 0 Å². The SMILES string of the molecule is Cn1nc(-c2ccc3ccccc3c2)cc1C1CN2CCC1CC2CNC(=O)c1cccs1. The normalized spacial score (nSPS) is 24.3. The summed E-state index contributed by atoms with van der Waals surface area (Å²) in [4.78, 5) is 15.7. The quantitative estimate of drug-likeness (QED) is 0.464. The van der Waals surface area contributed by atoms with E-state index in [1.807, 2.05) is 17.5 Å². The topological polar surface area (TPSA) is 50.2 Å². The summed E-state index contributed by atoms with van der Waals surface area (Å²) in [6.45, 7) is 2.89. The molecule has 3 fully saturated rings. The summed E-state index contributed by atoms with van der Waals surface area (Å²) in [5, 5.41) is 12.5. The predicted molar refractivity (Wildman–Crippen MR) is 134 cm³/mol. The molecule has 4 atom stereocenters. The number of rotatable bonds is 5. The lowest BCUT2D eigenvalue weighted by Gasteiger charge is -2.49. The van der Waals surface area contributed by atoms with Gasteiger partial charge in [-0.05, 0) is 59.7 Å². The summed E-state index contributed by atoms with van der Waals surface area (Å²) in [5.74, 6) is 1.18. The smallest absolute Gasteiger partial charge is 0.261 e. The lowest BCUT2D eigenvalue weighted by Crippen LogP contribution is -2.56. The Morgan fingerprint density at radius 2 is 2.00 bits per heavy atom. The van der Waals surface area contributed by atoms with E-state index < -0.39 is 0 Å². The van der Waals surface area contributed by atoms with Crippen LogP contribution in [0, 0.1) is 5.92 Å². The van der Waals surface area contributed by atoms with Crippen molar-refractivity contribution in [2.45, 2.75) is 24.8 Å². The van der Waals surface area contributed by atoms with Crippen molar-refractivity contribution in [2.24, 2.45) is 13.0 Å². The van der Waals surface area contributed by atoms with E-state index in [1.54, 1.807) is 0 Å². The highest BCUT2D eigenvalue weighted by atomic mass is 32.1. The van der Waals surface area contributed by atoms with Crippen LogP contribution in [0.5, 0.6) is 0 Å². The van der Waals surface area contributed by atoms with Gasteiger partial charge in [-0.25, -0.2) is 0 Å². The molecule has 1 N–H and O–H groups in total. The zero-order valence-corrected chi connectivity index (χ0v) is 19.6. The zero-order valence-electron chi connectivity index (χ0n) is 18.8. The molecule has 2 bridgehead atoms. The van der Waals surface area contributed by atoms with Gasteiger partial charge in [0.15, 0.2) is 0 Å². The molecule has 0 aliphatic carbocycles. The summed E-state index contributed by atoms with van der Waals surface area (Å²) in [7, 11) is 2.08. The molecule has 3 aliphatic heterocycles. The summed E-state index contributed by atoms with van der Waals surface area (Å²) in [6, 6.07) is 21.6. The van der Waals surface area contributed by atoms with E-state index in [2.05, 4.69) is 70.5 Å². The van der Waals surface area contributed by atoms with E-state index in [4.69, 9.17) is 5.10 Å². The number of nitrogens with zero attached hydrogens (tertiary/aromatic N) is 3. The zero-order chi connectivity index (χ0) is 22.4. The molecular weight excluding hydrogens is 428 g/mol. The second kappa shape index (κ2) is 8.43. The second-order valence-corrected chi connectivity index (χ2v) is 10.3. The van der Waals surface area contributed by atoms with E-state index in [0.29, 0.717) is 17.9 Å². The fraction of sp³-hybridized carbons (Fsp3) is 0.333. The van der Waals surface area contributed by atoms with Crippen molar-refractivity contribution < 1.29 is 4.79 Å². The molecule has 7 rings (SSSR count). The standard InChI is InChI=1S/C27H28N4OS/c1-30-25(15-24(29-30)21-9-8-18-5-2-3-6-19(18)13-21)23-17-31-11-10-20(23)14-22(31)16-28-27(32)26-7-4-12-33-26/h2-9,12-13,15,20,22-23H,10-11,14,16-17H2,1H3,(H,28,32). The van der Waals surface area contributed by atoms with Crippen LogP contribution in [-0.4, -0.2) is 46.3 Å². The first-order valence-electron chi connectivity index (χ1n) is 11.7. The van der Waals surface area contributed by atoms with Gasteiger partial charge in [0.1, 0.15) is 0 Å². The number of nitrogens with one attached hydrogen (secondary N) is 1. The third-order valence-corrected chi connectivity index (χ3v) is 8.33. The number of carbonyl (C=O) groups is 1. The van der Waals surface area contributed by atoms with E-state index in [9.17, 15) is 4.79 Å². The monoisotopic (exact) mass is 456 g/mol. The molecule has 33 heavy (non-hydrogen) atoms. The Kier molecular flexibility index (Phi) is 5.27. The first-order valence-corrected chi connectivity index (χ1v) is 12.6. The largest absolute Gasteiger partial charge is 0.350 e. The minimum atomic E-state index is 0.0517. The Morgan fingerprint density at radius 1 is 1.12 bits per heavy atom. The van der Waals surface area contributed by atoms with Gasteiger partial charge in [-0.3, -0.25) is 14.4 Å². The molecule has 4 unspecified atom stereocenters. The maximum Gasteiger partial charge on any atom is 0.261 e. The molecular formula is C27H28N4OS. The minimum Gasteiger partial charge on any atom is -0.350 e. The average Bonchev–Trinajstić information content (AvgIpc) is 3.53. The van der Waals surface area contributed by atoms with E-state index in [1.165, 1.54) is 39.8 Å². The molecule has 5 heterocycles. The van der Waals surface area contributed by atoms with Gasteiger partial charge in [0.2, 0.25) is 0 Å². The van der Waals surface area contributed by atoms with E-state index in [0.717, 1.165) is 36.6 Å². The predicted octanol–water partition coefficient (Wildman–Crippen LogP) is 4.91. The summed E-state index contributed by atoms with van der Waals surface area (Å²) >= 11 is 1.50. The number of hydrogen-bond donors (Lipinski definition) is 1. The van der Waals surface area contributed by atoms with Crippen molar-refractivity contribution in [2.75, 3.05) is 19.6 Å². The minimum absolute atomic E-state index is 0.0517. The molecule has 168 valence electrons. The van der Waals surface area contributed by atoms with Crippen molar-refractivity contribution in [3.63, 3.8) is 0 Å². The third-order valence-electron chi connectivity index (χ3n) is 7.46. The van der Waals surface area contributed by atoms with Gasteiger partial charge in [-0.15, -0.1) is 11.3 Å². The number of thiophene rings is 1. The van der Waals surface area contributed by atoms with Crippen LogP contribution < -0.4 is 5.32 Å². The highest BCUT2D eigenvalue weighted by molar-refractivity contribution is 7.12. The maximum absolute atomic E-state index is 12.4. The number of fused-ring (bicyclic) bond motifs is 4. The molecule has 5 nitrogen and oxygen atoms in total. The Balaban J connectivity index is 1.18. The first kappa shape index (κ1) is 20.6. The van der Waals surface area contributed by atoms with Crippen molar-refractivity contribution in [1.29, 1.82) is 0 Å². The van der Waals surface area contributed by atoms with Crippen LogP contribution in [0.25, 0.3) is 22.0 Å². The van der Waals surface area contributed by atoms with E-state index >= 15 is 0 Å². The Morgan fingerprint density at radius 3 is 2.79 bits per heavy atom. The van der Waals surface area contributed by atoms with Crippen LogP contribution in [0.1, 0.15) is 34.1 Å². The average molecular weight is 457 g/mol. The number of carbonyl (C=O) groups excluding carboxylic acids is 1. The summed E-state index contributed by atoms with van der Waals surface area (Å²) in [6.07, 6.45) is 2.35. The number of benzene rings is 2. The van der Waals surface area contributed by atoms with Crippen LogP contribution in [0.15, 0.2) is 66.0 Å². The number of amides is 1. The van der Waals surface area contributed by atoms with Crippen molar-refractivity contribution in [1.82, 2.24) is 20.0 Å². The van der Waals surface area contributed by atoms with Gasteiger partial charge in [-0.1, -0.05) is 42.5 Å².